The fourth-order valence-corrected chi connectivity index (χ4v) is 6.19. The molecule has 35 heavy (non-hydrogen) atoms. The van der Waals surface area contributed by atoms with E-state index in [4.69, 9.17) is 4.74 Å². The number of imidazole rings is 1. The minimum Gasteiger partial charge on any atom is -0.495 e. The summed E-state index contributed by atoms with van der Waals surface area (Å²) in [5.41, 5.74) is 5.99. The van der Waals surface area contributed by atoms with Crippen LogP contribution in [0.3, 0.4) is 0 Å². The maximum Gasteiger partial charge on any atom is 0.334 e. The van der Waals surface area contributed by atoms with Gasteiger partial charge in [-0.1, -0.05) is 12.1 Å². The van der Waals surface area contributed by atoms with Crippen molar-refractivity contribution in [3.05, 3.63) is 92.1 Å². The molecule has 2 aromatic carbocycles. The molecular formula is C27H24N4O3S. The molecule has 0 atom stereocenters. The predicted molar refractivity (Wildman–Crippen MR) is 139 cm³/mol. The summed E-state index contributed by atoms with van der Waals surface area (Å²) >= 11 is 1.41. The van der Waals surface area contributed by atoms with Crippen LogP contribution >= 0.6 is 11.3 Å². The number of aromatic amines is 1. The van der Waals surface area contributed by atoms with Crippen LogP contribution in [0, 0.1) is 13.8 Å². The lowest BCUT2D eigenvalue weighted by Gasteiger charge is -2.11. The number of benzene rings is 2. The molecule has 7 nitrogen and oxygen atoms in total. The lowest BCUT2D eigenvalue weighted by molar-refractivity contribution is 0.413. The molecular weight excluding hydrogens is 460 g/mol. The number of fused-ring (bicyclic) bond motifs is 2. The molecule has 0 spiro atoms. The molecule has 8 heteroatoms. The van der Waals surface area contributed by atoms with Crippen molar-refractivity contribution in [1.29, 1.82) is 0 Å². The Hall–Kier alpha value is -3.91. The number of ether oxygens (including phenoxy) is 1. The Balaban J connectivity index is 1.50. The maximum absolute atomic E-state index is 13.6. The van der Waals surface area contributed by atoms with Crippen LogP contribution in [0.25, 0.3) is 32.0 Å². The molecule has 5 aromatic rings. The highest BCUT2D eigenvalue weighted by Gasteiger charge is 2.20. The van der Waals surface area contributed by atoms with Crippen molar-refractivity contribution >= 4 is 21.6 Å². The van der Waals surface area contributed by atoms with Crippen LogP contribution < -0.4 is 16.0 Å². The number of nitrogens with one attached hydrogen (secondary N) is 1. The monoisotopic (exact) mass is 484 g/mol. The van der Waals surface area contributed by atoms with Crippen molar-refractivity contribution in [2.24, 2.45) is 0 Å². The SMILES string of the molecule is COc1cc(-c2sc3[nH]c(=O)n(-c4ccc5c(c4)CCC5)c(=O)c3c2C)ccc1-n1cnc(C)c1. The van der Waals surface area contributed by atoms with E-state index in [2.05, 4.69) is 9.97 Å². The number of hydrogen-bond acceptors (Lipinski definition) is 5. The molecule has 1 N–H and O–H groups in total. The third kappa shape index (κ3) is 3.44. The van der Waals surface area contributed by atoms with E-state index < -0.39 is 5.69 Å². The summed E-state index contributed by atoms with van der Waals surface area (Å²) in [5.74, 6) is 0.695. The summed E-state index contributed by atoms with van der Waals surface area (Å²) in [6, 6.07) is 11.8. The van der Waals surface area contributed by atoms with Crippen LogP contribution in [-0.2, 0) is 12.8 Å². The normalized spacial score (nSPS) is 12.9. The number of H-pyrrole nitrogens is 1. The number of aryl methyl sites for hydroxylation is 4. The van der Waals surface area contributed by atoms with E-state index in [1.54, 1.807) is 13.4 Å². The van der Waals surface area contributed by atoms with E-state index in [0.29, 0.717) is 21.7 Å². The molecule has 0 bridgehead atoms. The Morgan fingerprint density at radius 1 is 1.06 bits per heavy atom. The van der Waals surface area contributed by atoms with Crippen LogP contribution in [0.4, 0.5) is 0 Å². The first-order chi connectivity index (χ1) is 16.9. The number of aromatic nitrogens is 4. The molecule has 0 amide bonds. The van der Waals surface area contributed by atoms with Crippen molar-refractivity contribution in [3.8, 4) is 27.6 Å². The van der Waals surface area contributed by atoms with Gasteiger partial charge >= 0.3 is 5.69 Å². The molecule has 0 fully saturated rings. The molecule has 176 valence electrons. The van der Waals surface area contributed by atoms with Gasteiger partial charge < -0.3 is 9.30 Å². The second-order valence-corrected chi connectivity index (χ2v) is 9.97. The number of thiophene rings is 1. The van der Waals surface area contributed by atoms with Crippen molar-refractivity contribution in [2.45, 2.75) is 33.1 Å². The van der Waals surface area contributed by atoms with Crippen LogP contribution in [-0.4, -0.2) is 26.2 Å². The standard InChI is InChI=1S/C27H24N4O3S/c1-15-13-30(14-28-15)21-10-8-19(12-22(21)34-3)24-16(2)23-25(35-24)29-27(33)31(26(23)32)20-9-7-17-5-4-6-18(17)11-20/h7-14H,4-6H2,1-3H3,(H,29,33). The summed E-state index contributed by atoms with van der Waals surface area (Å²) in [4.78, 5) is 35.3. The lowest BCUT2D eigenvalue weighted by atomic mass is 10.1. The summed E-state index contributed by atoms with van der Waals surface area (Å²) in [6.45, 7) is 3.87. The van der Waals surface area contributed by atoms with E-state index in [1.807, 2.05) is 61.0 Å². The Labute approximate surface area is 205 Å². The van der Waals surface area contributed by atoms with Crippen molar-refractivity contribution in [1.82, 2.24) is 19.1 Å². The van der Waals surface area contributed by atoms with Gasteiger partial charge in [0.05, 0.1) is 35.9 Å². The third-order valence-electron chi connectivity index (χ3n) is 6.76. The number of nitrogens with zero attached hydrogens (tertiary/aromatic N) is 3. The largest absolute Gasteiger partial charge is 0.495 e. The molecule has 0 unspecified atom stereocenters. The predicted octanol–water partition coefficient (Wildman–Crippen LogP) is 4.71. The molecule has 1 aliphatic rings. The third-order valence-corrected chi connectivity index (χ3v) is 8.02. The van der Waals surface area contributed by atoms with Crippen LogP contribution in [0.5, 0.6) is 5.75 Å². The van der Waals surface area contributed by atoms with Gasteiger partial charge in [-0.05, 0) is 79.6 Å². The van der Waals surface area contributed by atoms with E-state index in [0.717, 1.165) is 46.6 Å². The minimum atomic E-state index is -0.420. The fraction of sp³-hybridized carbons (Fsp3) is 0.222. The number of hydrogen-bond donors (Lipinski definition) is 1. The van der Waals surface area contributed by atoms with Gasteiger partial charge in [0.1, 0.15) is 10.6 Å². The van der Waals surface area contributed by atoms with Crippen molar-refractivity contribution in [3.63, 3.8) is 0 Å². The summed E-state index contributed by atoms with van der Waals surface area (Å²) < 4.78 is 8.85. The first kappa shape index (κ1) is 21.6. The van der Waals surface area contributed by atoms with Gasteiger partial charge in [0.2, 0.25) is 0 Å². The zero-order chi connectivity index (χ0) is 24.3. The van der Waals surface area contributed by atoms with E-state index in [1.165, 1.54) is 27.0 Å². The van der Waals surface area contributed by atoms with Gasteiger partial charge in [-0.3, -0.25) is 9.78 Å². The molecule has 6 rings (SSSR count). The highest BCUT2D eigenvalue weighted by molar-refractivity contribution is 7.22. The average Bonchev–Trinajstić information content (AvgIpc) is 3.57. The highest BCUT2D eigenvalue weighted by Crippen LogP contribution is 2.38. The fourth-order valence-electron chi connectivity index (χ4n) is 5.01. The second kappa shape index (κ2) is 8.09. The Kier molecular flexibility index (Phi) is 5.00. The summed E-state index contributed by atoms with van der Waals surface area (Å²) in [5, 5.41) is 0.540. The smallest absolute Gasteiger partial charge is 0.334 e. The summed E-state index contributed by atoms with van der Waals surface area (Å²) in [6.07, 6.45) is 6.84. The zero-order valence-corrected chi connectivity index (χ0v) is 20.5. The van der Waals surface area contributed by atoms with Gasteiger partial charge in [0, 0.05) is 11.1 Å². The van der Waals surface area contributed by atoms with E-state index >= 15 is 0 Å². The quantitative estimate of drug-likeness (QED) is 0.401. The Morgan fingerprint density at radius 2 is 1.89 bits per heavy atom. The van der Waals surface area contributed by atoms with Crippen LogP contribution in [0.1, 0.15) is 28.8 Å². The molecule has 0 radical (unpaired) electrons. The van der Waals surface area contributed by atoms with Gasteiger partial charge in [-0.15, -0.1) is 11.3 Å². The Bertz CT molecular complexity index is 1740. The van der Waals surface area contributed by atoms with Crippen LogP contribution in [0.2, 0.25) is 0 Å². The minimum absolute atomic E-state index is 0.292. The highest BCUT2D eigenvalue weighted by atomic mass is 32.1. The van der Waals surface area contributed by atoms with Gasteiger partial charge in [-0.25, -0.2) is 14.3 Å². The molecule has 3 aromatic heterocycles. The van der Waals surface area contributed by atoms with E-state index in [-0.39, 0.29) is 5.56 Å². The average molecular weight is 485 g/mol. The maximum atomic E-state index is 13.6. The van der Waals surface area contributed by atoms with Crippen LogP contribution in [0.15, 0.2) is 58.5 Å². The number of methoxy groups -OCH3 is 1. The molecule has 0 saturated heterocycles. The summed E-state index contributed by atoms with van der Waals surface area (Å²) in [7, 11) is 1.64. The van der Waals surface area contributed by atoms with Crippen molar-refractivity contribution in [2.75, 3.05) is 7.11 Å². The lowest BCUT2D eigenvalue weighted by Crippen LogP contribution is -2.33. The number of rotatable bonds is 4. The topological polar surface area (TPSA) is 81.9 Å². The molecule has 3 heterocycles. The van der Waals surface area contributed by atoms with Crippen molar-refractivity contribution < 1.29 is 4.74 Å². The molecule has 0 saturated carbocycles. The second-order valence-electron chi connectivity index (χ2n) is 8.95. The first-order valence-electron chi connectivity index (χ1n) is 11.5. The molecule has 0 aliphatic heterocycles. The van der Waals surface area contributed by atoms with Gasteiger partial charge in [-0.2, -0.15) is 0 Å². The first-order valence-corrected chi connectivity index (χ1v) is 12.4. The van der Waals surface area contributed by atoms with Gasteiger partial charge in [0.25, 0.3) is 5.56 Å². The van der Waals surface area contributed by atoms with E-state index in [9.17, 15) is 9.59 Å². The molecule has 1 aliphatic carbocycles. The van der Waals surface area contributed by atoms with Gasteiger partial charge in [0.15, 0.2) is 0 Å². The zero-order valence-electron chi connectivity index (χ0n) is 19.7. The Morgan fingerprint density at radius 3 is 2.66 bits per heavy atom.